The molecule has 29 heavy (non-hydrogen) atoms. The SMILES string of the molecule is CC(C)n1c(CN2CCc3nc(-c4cccnc4)ncc3C2)nc2ccccc21. The summed E-state index contributed by atoms with van der Waals surface area (Å²) in [5.41, 5.74) is 5.59. The van der Waals surface area contributed by atoms with Gasteiger partial charge in [-0.15, -0.1) is 0 Å². The molecule has 0 unspecified atom stereocenters. The standard InChI is InChI=1S/C23H24N6/c1-16(2)29-21-8-4-3-7-20(21)26-22(29)15-28-11-9-19-18(14-28)13-25-23(27-19)17-6-5-10-24-12-17/h3-8,10,12-13,16H,9,11,14-15H2,1-2H3. The summed E-state index contributed by atoms with van der Waals surface area (Å²) < 4.78 is 2.35. The van der Waals surface area contributed by atoms with Crippen LogP contribution in [0.2, 0.25) is 0 Å². The van der Waals surface area contributed by atoms with Crippen LogP contribution in [0, 0.1) is 0 Å². The summed E-state index contributed by atoms with van der Waals surface area (Å²) in [5, 5.41) is 0. The van der Waals surface area contributed by atoms with E-state index in [9.17, 15) is 0 Å². The number of fused-ring (bicyclic) bond motifs is 2. The maximum atomic E-state index is 4.92. The Bertz CT molecular complexity index is 1150. The highest BCUT2D eigenvalue weighted by Crippen LogP contribution is 2.25. The Kier molecular flexibility index (Phi) is 4.56. The molecular formula is C23H24N6. The second-order valence-corrected chi connectivity index (χ2v) is 7.85. The summed E-state index contributed by atoms with van der Waals surface area (Å²) in [5.74, 6) is 1.88. The summed E-state index contributed by atoms with van der Waals surface area (Å²) >= 11 is 0. The maximum Gasteiger partial charge on any atom is 0.160 e. The molecule has 146 valence electrons. The number of hydrogen-bond acceptors (Lipinski definition) is 5. The van der Waals surface area contributed by atoms with Crippen LogP contribution in [-0.4, -0.2) is 35.9 Å². The van der Waals surface area contributed by atoms with E-state index < -0.39 is 0 Å². The van der Waals surface area contributed by atoms with Crippen LogP contribution >= 0.6 is 0 Å². The minimum absolute atomic E-state index is 0.375. The Hall–Kier alpha value is -3.12. The van der Waals surface area contributed by atoms with Crippen molar-refractivity contribution in [1.82, 2.24) is 29.4 Å². The van der Waals surface area contributed by atoms with E-state index in [1.54, 1.807) is 6.20 Å². The Labute approximate surface area is 170 Å². The molecule has 1 aliphatic rings. The molecule has 0 N–H and O–H groups in total. The Morgan fingerprint density at radius 1 is 1.03 bits per heavy atom. The molecule has 0 amide bonds. The fraction of sp³-hybridized carbons (Fsp3) is 0.304. The lowest BCUT2D eigenvalue weighted by Gasteiger charge is -2.28. The van der Waals surface area contributed by atoms with Gasteiger partial charge in [0.2, 0.25) is 0 Å². The van der Waals surface area contributed by atoms with Crippen molar-refractivity contribution >= 4 is 11.0 Å². The lowest BCUT2D eigenvalue weighted by Crippen LogP contribution is -2.32. The van der Waals surface area contributed by atoms with Crippen molar-refractivity contribution in [3.05, 3.63) is 72.1 Å². The monoisotopic (exact) mass is 384 g/mol. The Morgan fingerprint density at radius 3 is 2.76 bits per heavy atom. The van der Waals surface area contributed by atoms with Crippen LogP contribution in [0.4, 0.5) is 0 Å². The first kappa shape index (κ1) is 17.9. The zero-order chi connectivity index (χ0) is 19.8. The third-order valence-corrected chi connectivity index (χ3v) is 5.48. The van der Waals surface area contributed by atoms with Gasteiger partial charge in [0.1, 0.15) is 5.82 Å². The van der Waals surface area contributed by atoms with Crippen molar-refractivity contribution in [3.63, 3.8) is 0 Å². The van der Waals surface area contributed by atoms with Crippen molar-refractivity contribution in [2.45, 2.75) is 39.4 Å². The quantitative estimate of drug-likeness (QED) is 0.532. The number of rotatable bonds is 4. The topological polar surface area (TPSA) is 59.7 Å². The van der Waals surface area contributed by atoms with Crippen molar-refractivity contribution in [2.75, 3.05) is 6.54 Å². The fourth-order valence-corrected chi connectivity index (χ4v) is 4.13. The molecule has 6 heteroatoms. The molecule has 0 atom stereocenters. The van der Waals surface area contributed by atoms with Gasteiger partial charge in [0.25, 0.3) is 0 Å². The van der Waals surface area contributed by atoms with E-state index in [0.29, 0.717) is 6.04 Å². The number of aromatic nitrogens is 5. The van der Waals surface area contributed by atoms with Crippen LogP contribution in [0.1, 0.15) is 37.0 Å². The van der Waals surface area contributed by atoms with Gasteiger partial charge in [0.15, 0.2) is 5.82 Å². The third kappa shape index (κ3) is 3.40. The second kappa shape index (κ2) is 7.37. The molecule has 4 aromatic rings. The number of pyridine rings is 1. The van der Waals surface area contributed by atoms with Crippen molar-refractivity contribution in [2.24, 2.45) is 0 Å². The maximum absolute atomic E-state index is 4.92. The minimum atomic E-state index is 0.375. The summed E-state index contributed by atoms with van der Waals surface area (Å²) in [7, 11) is 0. The molecule has 0 aliphatic carbocycles. The summed E-state index contributed by atoms with van der Waals surface area (Å²) in [6.45, 7) is 7.09. The summed E-state index contributed by atoms with van der Waals surface area (Å²) in [6.07, 6.45) is 6.48. The Balaban J connectivity index is 1.39. The second-order valence-electron chi connectivity index (χ2n) is 7.85. The van der Waals surface area contributed by atoms with Gasteiger partial charge < -0.3 is 4.57 Å². The zero-order valence-electron chi connectivity index (χ0n) is 16.8. The highest BCUT2D eigenvalue weighted by atomic mass is 15.2. The van der Waals surface area contributed by atoms with Gasteiger partial charge in [-0.25, -0.2) is 15.0 Å². The molecule has 4 heterocycles. The van der Waals surface area contributed by atoms with Gasteiger partial charge >= 0.3 is 0 Å². The number of nitrogens with zero attached hydrogens (tertiary/aromatic N) is 6. The van der Waals surface area contributed by atoms with E-state index >= 15 is 0 Å². The van der Waals surface area contributed by atoms with Gasteiger partial charge in [-0.2, -0.15) is 0 Å². The van der Waals surface area contributed by atoms with Crippen molar-refractivity contribution in [3.8, 4) is 11.4 Å². The lowest BCUT2D eigenvalue weighted by molar-refractivity contribution is 0.233. The zero-order valence-corrected chi connectivity index (χ0v) is 16.8. The smallest absolute Gasteiger partial charge is 0.160 e. The first-order valence-corrected chi connectivity index (χ1v) is 10.1. The van der Waals surface area contributed by atoms with Crippen LogP contribution in [0.3, 0.4) is 0 Å². The molecule has 0 spiro atoms. The number of hydrogen-bond donors (Lipinski definition) is 0. The molecule has 6 nitrogen and oxygen atoms in total. The van der Waals surface area contributed by atoms with Gasteiger partial charge in [-0.3, -0.25) is 9.88 Å². The molecule has 0 fully saturated rings. The fourth-order valence-electron chi connectivity index (χ4n) is 4.13. The molecular weight excluding hydrogens is 360 g/mol. The molecule has 1 aromatic carbocycles. The lowest BCUT2D eigenvalue weighted by atomic mass is 10.1. The first-order valence-electron chi connectivity index (χ1n) is 10.1. The highest BCUT2D eigenvalue weighted by Gasteiger charge is 2.22. The summed E-state index contributed by atoms with van der Waals surface area (Å²) in [4.78, 5) is 20.9. The van der Waals surface area contributed by atoms with Crippen LogP contribution in [0.15, 0.2) is 55.0 Å². The minimum Gasteiger partial charge on any atom is -0.324 e. The predicted molar refractivity (Wildman–Crippen MR) is 113 cm³/mol. The van der Waals surface area contributed by atoms with E-state index in [-0.39, 0.29) is 0 Å². The highest BCUT2D eigenvalue weighted by molar-refractivity contribution is 5.76. The number of benzene rings is 1. The van der Waals surface area contributed by atoms with Crippen LogP contribution in [0.5, 0.6) is 0 Å². The molecule has 0 radical (unpaired) electrons. The average molecular weight is 384 g/mol. The van der Waals surface area contributed by atoms with Gasteiger partial charge in [0.05, 0.1) is 23.3 Å². The van der Waals surface area contributed by atoms with Crippen LogP contribution < -0.4 is 0 Å². The molecule has 0 bridgehead atoms. The average Bonchev–Trinajstić information content (AvgIpc) is 3.12. The van der Waals surface area contributed by atoms with Crippen molar-refractivity contribution < 1.29 is 0 Å². The van der Waals surface area contributed by atoms with E-state index in [4.69, 9.17) is 9.97 Å². The van der Waals surface area contributed by atoms with Gasteiger partial charge in [-0.1, -0.05) is 12.1 Å². The first-order chi connectivity index (χ1) is 14.2. The normalized spacial score (nSPS) is 14.4. The Morgan fingerprint density at radius 2 is 1.93 bits per heavy atom. The third-order valence-electron chi connectivity index (χ3n) is 5.48. The van der Waals surface area contributed by atoms with E-state index in [0.717, 1.165) is 54.5 Å². The number of para-hydroxylation sites is 2. The number of imidazole rings is 1. The van der Waals surface area contributed by atoms with E-state index in [1.165, 1.54) is 11.1 Å². The van der Waals surface area contributed by atoms with Crippen LogP contribution in [-0.2, 0) is 19.5 Å². The summed E-state index contributed by atoms with van der Waals surface area (Å²) in [6, 6.07) is 12.7. The molecule has 0 saturated carbocycles. The van der Waals surface area contributed by atoms with Crippen LogP contribution in [0.25, 0.3) is 22.4 Å². The predicted octanol–water partition coefficient (Wildman–Crippen LogP) is 4.03. The van der Waals surface area contributed by atoms with Gasteiger partial charge in [0, 0.05) is 55.3 Å². The van der Waals surface area contributed by atoms with Gasteiger partial charge in [-0.05, 0) is 38.1 Å². The molecule has 0 saturated heterocycles. The van der Waals surface area contributed by atoms with E-state index in [2.05, 4.69) is 57.5 Å². The molecule has 5 rings (SSSR count). The van der Waals surface area contributed by atoms with Crippen molar-refractivity contribution in [1.29, 1.82) is 0 Å². The largest absolute Gasteiger partial charge is 0.324 e. The molecule has 1 aliphatic heterocycles. The molecule has 3 aromatic heterocycles. The van der Waals surface area contributed by atoms with E-state index in [1.807, 2.05) is 24.5 Å².